The van der Waals surface area contributed by atoms with Gasteiger partial charge in [0, 0.05) is 13.1 Å². The maximum absolute atomic E-state index is 10.5. The second-order valence-electron chi connectivity index (χ2n) is 2.19. The van der Waals surface area contributed by atoms with Crippen LogP contribution in [0.15, 0.2) is 0 Å². The third-order valence-corrected chi connectivity index (χ3v) is 2.41. The van der Waals surface area contributed by atoms with Gasteiger partial charge in [-0.15, -0.1) is 0 Å². The van der Waals surface area contributed by atoms with E-state index in [1.165, 1.54) is 0 Å². The van der Waals surface area contributed by atoms with Crippen LogP contribution >= 0.6 is 0 Å². The summed E-state index contributed by atoms with van der Waals surface area (Å²) in [5.41, 5.74) is 0. The molecule has 0 spiro atoms. The van der Waals surface area contributed by atoms with Crippen molar-refractivity contribution < 1.29 is 8.42 Å². The predicted molar refractivity (Wildman–Crippen MR) is 33.8 cm³/mol. The van der Waals surface area contributed by atoms with Crippen LogP contribution in [0.25, 0.3) is 0 Å². The Bertz CT molecular complexity index is 259. The molecule has 0 aromatic carbocycles. The first kappa shape index (κ1) is 7.47. The highest BCUT2D eigenvalue weighted by atomic mass is 32.2. The number of hydrogen-bond donors (Lipinski definition) is 1. The normalized spacial score (nSPS) is 21.6. The molecule has 0 radical (unpaired) electrons. The summed E-state index contributed by atoms with van der Waals surface area (Å²) >= 11 is 0. The monoisotopic (exact) mass is 161 g/mol. The van der Waals surface area contributed by atoms with Crippen molar-refractivity contribution >= 4 is 10.2 Å². The minimum absolute atomic E-state index is 0.168. The van der Waals surface area contributed by atoms with Crippen molar-refractivity contribution in [1.29, 1.82) is 5.26 Å². The second kappa shape index (κ2) is 2.20. The Hall–Kier alpha value is -0.640. The highest BCUT2D eigenvalue weighted by molar-refractivity contribution is 7.86. The molecule has 0 amide bonds. The van der Waals surface area contributed by atoms with Gasteiger partial charge < -0.3 is 0 Å². The number of rotatable bonds is 1. The molecular weight excluding hydrogens is 154 g/mol. The minimum atomic E-state index is -3.53. The van der Waals surface area contributed by atoms with Crippen LogP contribution in [0, 0.1) is 17.2 Å². The van der Waals surface area contributed by atoms with Gasteiger partial charge in [-0.1, -0.05) is 0 Å². The lowest BCUT2D eigenvalue weighted by molar-refractivity contribution is 0.249. The average Bonchev–Trinajstić information content (AvgIpc) is 1.57. The third-order valence-electron chi connectivity index (χ3n) is 1.39. The molecule has 56 valence electrons. The van der Waals surface area contributed by atoms with Gasteiger partial charge in [-0.3, -0.25) is 0 Å². The SMILES string of the molecule is N#CC1CN(S(N)(=O)=O)C1. The fraction of sp³-hybridized carbons (Fsp3) is 0.750. The molecule has 0 bridgehead atoms. The quantitative estimate of drug-likeness (QED) is 0.515. The van der Waals surface area contributed by atoms with Crippen molar-refractivity contribution in [2.24, 2.45) is 11.1 Å². The number of nitrogens with two attached hydrogens (primary N) is 1. The van der Waals surface area contributed by atoms with Gasteiger partial charge in [-0.25, -0.2) is 5.14 Å². The van der Waals surface area contributed by atoms with Crippen molar-refractivity contribution in [3.05, 3.63) is 0 Å². The van der Waals surface area contributed by atoms with Crippen LogP contribution in [0.2, 0.25) is 0 Å². The van der Waals surface area contributed by atoms with Crippen LogP contribution in [0.1, 0.15) is 0 Å². The summed E-state index contributed by atoms with van der Waals surface area (Å²) in [5, 5.41) is 13.0. The maximum atomic E-state index is 10.5. The van der Waals surface area contributed by atoms with E-state index in [-0.39, 0.29) is 19.0 Å². The summed E-state index contributed by atoms with van der Waals surface area (Å²) in [6.45, 7) is 0.491. The number of nitriles is 1. The fourth-order valence-electron chi connectivity index (χ4n) is 0.728. The van der Waals surface area contributed by atoms with Crippen LogP contribution < -0.4 is 5.14 Å². The van der Waals surface area contributed by atoms with E-state index < -0.39 is 10.2 Å². The van der Waals surface area contributed by atoms with E-state index in [1.807, 2.05) is 6.07 Å². The molecule has 0 aliphatic carbocycles. The highest BCUT2D eigenvalue weighted by Gasteiger charge is 2.33. The molecule has 5 nitrogen and oxygen atoms in total. The average molecular weight is 161 g/mol. The van der Waals surface area contributed by atoms with E-state index in [0.717, 1.165) is 4.31 Å². The Kier molecular flexibility index (Phi) is 1.64. The van der Waals surface area contributed by atoms with Gasteiger partial charge in [0.2, 0.25) is 0 Å². The summed E-state index contributed by atoms with van der Waals surface area (Å²) in [6, 6.07) is 1.94. The smallest absolute Gasteiger partial charge is 0.216 e. The minimum Gasteiger partial charge on any atom is -0.216 e. The van der Waals surface area contributed by atoms with Crippen molar-refractivity contribution in [3.63, 3.8) is 0 Å². The van der Waals surface area contributed by atoms with Crippen LogP contribution in [-0.4, -0.2) is 25.8 Å². The molecule has 1 fully saturated rings. The maximum Gasteiger partial charge on any atom is 0.276 e. The van der Waals surface area contributed by atoms with E-state index in [4.69, 9.17) is 10.4 Å². The summed E-state index contributed by atoms with van der Waals surface area (Å²) in [4.78, 5) is 0. The molecule has 0 unspecified atom stereocenters. The molecule has 1 rings (SSSR count). The van der Waals surface area contributed by atoms with Crippen molar-refractivity contribution in [1.82, 2.24) is 4.31 Å². The molecule has 1 aliphatic rings. The molecule has 0 aromatic heterocycles. The van der Waals surface area contributed by atoms with Gasteiger partial charge in [0.05, 0.1) is 12.0 Å². The highest BCUT2D eigenvalue weighted by Crippen LogP contribution is 2.15. The van der Waals surface area contributed by atoms with E-state index in [9.17, 15) is 8.42 Å². The predicted octanol–water partition coefficient (Wildman–Crippen LogP) is -1.35. The first-order chi connectivity index (χ1) is 4.54. The Labute approximate surface area is 59.2 Å². The summed E-state index contributed by atoms with van der Waals surface area (Å²) < 4.78 is 22.0. The van der Waals surface area contributed by atoms with Gasteiger partial charge in [0.25, 0.3) is 10.2 Å². The van der Waals surface area contributed by atoms with E-state index >= 15 is 0 Å². The lowest BCUT2D eigenvalue weighted by Crippen LogP contribution is -2.51. The third kappa shape index (κ3) is 1.26. The van der Waals surface area contributed by atoms with Crippen molar-refractivity contribution in [3.8, 4) is 6.07 Å². The van der Waals surface area contributed by atoms with Crippen molar-refractivity contribution in [2.45, 2.75) is 0 Å². The summed E-state index contributed by atoms with van der Waals surface area (Å²) in [7, 11) is -3.53. The van der Waals surface area contributed by atoms with Crippen LogP contribution in [-0.2, 0) is 10.2 Å². The fourth-order valence-corrected chi connectivity index (χ4v) is 1.50. The number of hydrogen-bond acceptors (Lipinski definition) is 3. The zero-order valence-electron chi connectivity index (χ0n) is 5.19. The van der Waals surface area contributed by atoms with Gasteiger partial charge in [0.15, 0.2) is 0 Å². The lowest BCUT2D eigenvalue weighted by Gasteiger charge is -2.31. The first-order valence-corrected chi connectivity index (χ1v) is 4.22. The largest absolute Gasteiger partial charge is 0.276 e. The zero-order valence-corrected chi connectivity index (χ0v) is 6.00. The van der Waals surface area contributed by atoms with Crippen LogP contribution in [0.4, 0.5) is 0 Å². The van der Waals surface area contributed by atoms with Gasteiger partial charge in [-0.2, -0.15) is 18.0 Å². The molecule has 1 saturated heterocycles. The molecule has 0 atom stereocenters. The van der Waals surface area contributed by atoms with Gasteiger partial charge >= 0.3 is 0 Å². The van der Waals surface area contributed by atoms with Gasteiger partial charge in [-0.05, 0) is 0 Å². The van der Waals surface area contributed by atoms with E-state index in [2.05, 4.69) is 0 Å². The molecule has 2 N–H and O–H groups in total. The molecule has 1 aliphatic heterocycles. The summed E-state index contributed by atoms with van der Waals surface area (Å²) in [5.74, 6) is -0.168. The van der Waals surface area contributed by atoms with Crippen molar-refractivity contribution in [2.75, 3.05) is 13.1 Å². The Morgan fingerprint density at radius 3 is 2.40 bits per heavy atom. The molecule has 1 heterocycles. The topological polar surface area (TPSA) is 87.2 Å². The van der Waals surface area contributed by atoms with E-state index in [1.54, 1.807) is 0 Å². The molecule has 0 aromatic rings. The van der Waals surface area contributed by atoms with E-state index in [0.29, 0.717) is 0 Å². The second-order valence-corrected chi connectivity index (χ2v) is 3.73. The van der Waals surface area contributed by atoms with Gasteiger partial charge in [0.1, 0.15) is 0 Å². The lowest BCUT2D eigenvalue weighted by atomic mass is 10.1. The Morgan fingerprint density at radius 1 is 1.60 bits per heavy atom. The molecule has 6 heteroatoms. The van der Waals surface area contributed by atoms with Crippen LogP contribution in [0.3, 0.4) is 0 Å². The molecular formula is C4H7N3O2S. The Balaban J connectivity index is 2.50. The first-order valence-electron chi connectivity index (χ1n) is 2.71. The Morgan fingerprint density at radius 2 is 2.10 bits per heavy atom. The number of nitrogens with zero attached hydrogens (tertiary/aromatic N) is 2. The van der Waals surface area contributed by atoms with Crippen LogP contribution in [0.5, 0.6) is 0 Å². The zero-order chi connectivity index (χ0) is 7.78. The molecule has 10 heavy (non-hydrogen) atoms. The summed E-state index contributed by atoms with van der Waals surface area (Å²) in [6.07, 6.45) is 0. The standard InChI is InChI=1S/C4H7N3O2S/c5-1-4-2-7(3-4)10(6,8)9/h4H,2-3H2,(H2,6,8,9). The molecule has 0 saturated carbocycles.